The average Bonchev–Trinajstić information content (AvgIpc) is 2.89. The van der Waals surface area contributed by atoms with Crippen LogP contribution in [0.2, 0.25) is 5.02 Å². The van der Waals surface area contributed by atoms with Gasteiger partial charge in [-0.15, -0.1) is 11.3 Å². The highest BCUT2D eigenvalue weighted by Gasteiger charge is 2.05. The maximum Gasteiger partial charge on any atom is 0.224 e. The van der Waals surface area contributed by atoms with E-state index in [1.807, 2.05) is 17.5 Å². The van der Waals surface area contributed by atoms with Crippen LogP contribution in [0.15, 0.2) is 29.6 Å². The van der Waals surface area contributed by atoms with Crippen LogP contribution in [0.5, 0.6) is 0 Å². The summed E-state index contributed by atoms with van der Waals surface area (Å²) in [6.07, 6.45) is 1.09. The average molecular weight is 325 g/mol. The molecule has 4 nitrogen and oxygen atoms in total. The molecule has 0 aliphatic heterocycles. The van der Waals surface area contributed by atoms with E-state index in [0.29, 0.717) is 24.6 Å². The number of methoxy groups -OCH3 is 1. The van der Waals surface area contributed by atoms with Crippen molar-refractivity contribution in [2.24, 2.45) is 0 Å². The van der Waals surface area contributed by atoms with Crippen LogP contribution < -0.4 is 5.32 Å². The fourth-order valence-electron chi connectivity index (χ4n) is 1.83. The number of thiazole rings is 1. The van der Waals surface area contributed by atoms with Gasteiger partial charge >= 0.3 is 0 Å². The van der Waals surface area contributed by atoms with Gasteiger partial charge in [-0.05, 0) is 17.7 Å². The van der Waals surface area contributed by atoms with E-state index in [2.05, 4.69) is 10.3 Å². The lowest BCUT2D eigenvalue weighted by Crippen LogP contribution is -2.27. The van der Waals surface area contributed by atoms with Gasteiger partial charge < -0.3 is 10.1 Å². The molecule has 2 aromatic rings. The zero-order valence-corrected chi connectivity index (χ0v) is 13.3. The van der Waals surface area contributed by atoms with Crippen molar-refractivity contribution in [3.63, 3.8) is 0 Å². The number of carbonyl (C=O) groups excluding carboxylic acids is 1. The van der Waals surface area contributed by atoms with Crippen molar-refractivity contribution in [2.45, 2.75) is 19.4 Å². The molecule has 2 rings (SSSR count). The summed E-state index contributed by atoms with van der Waals surface area (Å²) in [6.45, 7) is 1.12. The van der Waals surface area contributed by atoms with Crippen LogP contribution in [0.3, 0.4) is 0 Å². The van der Waals surface area contributed by atoms with Crippen molar-refractivity contribution in [3.8, 4) is 0 Å². The van der Waals surface area contributed by atoms with Crippen molar-refractivity contribution in [3.05, 3.63) is 50.9 Å². The normalized spacial score (nSPS) is 10.6. The fourth-order valence-corrected chi connectivity index (χ4v) is 2.76. The molecule has 0 spiro atoms. The Labute approximate surface area is 133 Å². The number of carbonyl (C=O) groups is 1. The lowest BCUT2D eigenvalue weighted by atomic mass is 10.1. The van der Waals surface area contributed by atoms with Gasteiger partial charge in [-0.2, -0.15) is 0 Å². The molecule has 0 radical (unpaired) electrons. The summed E-state index contributed by atoms with van der Waals surface area (Å²) in [5.41, 5.74) is 1.94. The molecule has 1 amide bonds. The molecule has 1 heterocycles. The SMILES string of the molecule is COCc1nc(CCNC(=O)Cc2ccc(Cl)cc2)cs1. The van der Waals surface area contributed by atoms with Gasteiger partial charge in [0.1, 0.15) is 5.01 Å². The largest absolute Gasteiger partial charge is 0.378 e. The number of halogens is 1. The summed E-state index contributed by atoms with van der Waals surface area (Å²) in [6, 6.07) is 7.30. The van der Waals surface area contributed by atoms with Crippen LogP contribution in [0.4, 0.5) is 0 Å². The monoisotopic (exact) mass is 324 g/mol. The number of benzene rings is 1. The molecule has 0 aliphatic carbocycles. The van der Waals surface area contributed by atoms with Crippen LogP contribution in [0.1, 0.15) is 16.3 Å². The number of nitrogens with one attached hydrogen (secondary N) is 1. The Balaban J connectivity index is 1.72. The molecule has 1 aromatic heterocycles. The summed E-state index contributed by atoms with van der Waals surface area (Å²) in [7, 11) is 1.65. The Morgan fingerprint density at radius 3 is 2.86 bits per heavy atom. The van der Waals surface area contributed by atoms with Gasteiger partial charge in [0.15, 0.2) is 0 Å². The maximum atomic E-state index is 11.8. The molecule has 0 aliphatic rings. The van der Waals surface area contributed by atoms with Gasteiger partial charge in [0, 0.05) is 30.5 Å². The predicted molar refractivity (Wildman–Crippen MR) is 84.7 cm³/mol. The standard InChI is InChI=1S/C15H17ClN2O2S/c1-20-9-15-18-13(10-21-15)6-7-17-14(19)8-11-2-4-12(16)5-3-11/h2-5,10H,6-9H2,1H3,(H,17,19). The second-order valence-corrected chi connectivity index (χ2v) is 5.95. The molecule has 1 aromatic carbocycles. The van der Waals surface area contributed by atoms with Gasteiger partial charge in [-0.1, -0.05) is 23.7 Å². The van der Waals surface area contributed by atoms with Crippen LogP contribution in [-0.2, 0) is 29.0 Å². The first-order valence-electron chi connectivity index (χ1n) is 6.60. The van der Waals surface area contributed by atoms with Crippen LogP contribution >= 0.6 is 22.9 Å². The van der Waals surface area contributed by atoms with E-state index in [9.17, 15) is 4.79 Å². The fraction of sp³-hybridized carbons (Fsp3) is 0.333. The van der Waals surface area contributed by atoms with Crippen molar-refractivity contribution >= 4 is 28.8 Å². The number of hydrogen-bond acceptors (Lipinski definition) is 4. The highest BCUT2D eigenvalue weighted by Crippen LogP contribution is 2.11. The summed E-state index contributed by atoms with van der Waals surface area (Å²) in [5.74, 6) is 0.00432. The zero-order chi connectivity index (χ0) is 15.1. The van der Waals surface area contributed by atoms with E-state index < -0.39 is 0 Å². The Kier molecular flexibility index (Phi) is 6.17. The third-order valence-electron chi connectivity index (χ3n) is 2.85. The summed E-state index contributed by atoms with van der Waals surface area (Å²) in [5, 5.41) is 6.53. The highest BCUT2D eigenvalue weighted by atomic mass is 35.5. The van der Waals surface area contributed by atoms with E-state index in [1.54, 1.807) is 30.6 Å². The first kappa shape index (κ1) is 15.9. The lowest BCUT2D eigenvalue weighted by molar-refractivity contribution is -0.120. The van der Waals surface area contributed by atoms with Crippen molar-refractivity contribution in [1.82, 2.24) is 10.3 Å². The predicted octanol–water partition coefficient (Wildman–Crippen LogP) is 2.84. The molecule has 1 N–H and O–H groups in total. The number of rotatable bonds is 7. The second kappa shape index (κ2) is 8.12. The zero-order valence-electron chi connectivity index (χ0n) is 11.8. The van der Waals surface area contributed by atoms with Crippen molar-refractivity contribution in [2.75, 3.05) is 13.7 Å². The van der Waals surface area contributed by atoms with Gasteiger partial charge in [0.2, 0.25) is 5.91 Å². The molecule has 6 heteroatoms. The third kappa shape index (κ3) is 5.46. The topological polar surface area (TPSA) is 51.2 Å². The Morgan fingerprint density at radius 2 is 2.14 bits per heavy atom. The molecule has 0 saturated heterocycles. The number of ether oxygens (including phenoxy) is 1. The van der Waals surface area contributed by atoms with Crippen LogP contribution in [0.25, 0.3) is 0 Å². The Bertz CT molecular complexity index is 584. The van der Waals surface area contributed by atoms with Crippen molar-refractivity contribution < 1.29 is 9.53 Å². The first-order valence-corrected chi connectivity index (χ1v) is 7.86. The minimum atomic E-state index is 0.00432. The summed E-state index contributed by atoms with van der Waals surface area (Å²) < 4.78 is 5.03. The van der Waals surface area contributed by atoms with E-state index in [0.717, 1.165) is 22.7 Å². The lowest BCUT2D eigenvalue weighted by Gasteiger charge is -2.04. The van der Waals surface area contributed by atoms with E-state index in [1.165, 1.54) is 0 Å². The molecule has 21 heavy (non-hydrogen) atoms. The van der Waals surface area contributed by atoms with Crippen LogP contribution in [0, 0.1) is 0 Å². The number of aromatic nitrogens is 1. The van der Waals surface area contributed by atoms with Crippen molar-refractivity contribution in [1.29, 1.82) is 0 Å². The van der Waals surface area contributed by atoms with E-state index in [4.69, 9.17) is 16.3 Å². The number of hydrogen-bond donors (Lipinski definition) is 1. The molecule has 0 bridgehead atoms. The molecule has 0 fully saturated rings. The number of nitrogens with zero attached hydrogens (tertiary/aromatic N) is 1. The van der Waals surface area contributed by atoms with Crippen LogP contribution in [-0.4, -0.2) is 24.5 Å². The third-order valence-corrected chi connectivity index (χ3v) is 3.97. The Morgan fingerprint density at radius 1 is 1.38 bits per heavy atom. The van der Waals surface area contributed by atoms with E-state index >= 15 is 0 Å². The van der Waals surface area contributed by atoms with Gasteiger partial charge in [0.25, 0.3) is 0 Å². The Hall–Kier alpha value is -1.43. The van der Waals surface area contributed by atoms with E-state index in [-0.39, 0.29) is 5.91 Å². The summed E-state index contributed by atoms with van der Waals surface area (Å²) >= 11 is 7.38. The van der Waals surface area contributed by atoms with Gasteiger partial charge in [-0.3, -0.25) is 4.79 Å². The number of amides is 1. The minimum absolute atomic E-state index is 0.00432. The maximum absolute atomic E-state index is 11.8. The van der Waals surface area contributed by atoms with Gasteiger partial charge in [-0.25, -0.2) is 4.98 Å². The summed E-state index contributed by atoms with van der Waals surface area (Å²) in [4.78, 5) is 16.2. The molecular formula is C15H17ClN2O2S. The first-order chi connectivity index (χ1) is 10.2. The highest BCUT2D eigenvalue weighted by molar-refractivity contribution is 7.09. The molecule has 0 atom stereocenters. The molecular weight excluding hydrogens is 308 g/mol. The van der Waals surface area contributed by atoms with Gasteiger partial charge in [0.05, 0.1) is 18.7 Å². The quantitative estimate of drug-likeness (QED) is 0.852. The molecule has 0 unspecified atom stereocenters. The molecule has 0 saturated carbocycles. The minimum Gasteiger partial charge on any atom is -0.378 e. The smallest absolute Gasteiger partial charge is 0.224 e. The molecule has 112 valence electrons. The second-order valence-electron chi connectivity index (χ2n) is 4.57.